The van der Waals surface area contributed by atoms with Gasteiger partial charge in [0.05, 0.1) is 11.9 Å². The number of carbonyl (C=O) groups excluding carboxylic acids is 1. The van der Waals surface area contributed by atoms with Crippen LogP contribution in [-0.2, 0) is 0 Å². The van der Waals surface area contributed by atoms with Crippen molar-refractivity contribution in [2.24, 2.45) is 0 Å². The van der Waals surface area contributed by atoms with E-state index >= 15 is 0 Å². The zero-order chi connectivity index (χ0) is 18.8. The standard InChI is InChI=1S/C23H19N3O/c1-16-9-6-7-14-21(16)26-15-20(24-25-26)22-17(2)10-8-13-19(22)23(27)18-11-4-3-5-12-18/h3-15H,1-2H3. The quantitative estimate of drug-likeness (QED) is 0.496. The second-order valence-electron chi connectivity index (χ2n) is 6.53. The van der Waals surface area contributed by atoms with Crippen LogP contribution in [0.3, 0.4) is 0 Å². The van der Waals surface area contributed by atoms with E-state index in [-0.39, 0.29) is 5.78 Å². The molecule has 0 amide bonds. The molecule has 4 nitrogen and oxygen atoms in total. The van der Waals surface area contributed by atoms with Gasteiger partial charge >= 0.3 is 0 Å². The summed E-state index contributed by atoms with van der Waals surface area (Å²) in [5, 5.41) is 8.66. The van der Waals surface area contributed by atoms with Gasteiger partial charge in [-0.1, -0.05) is 71.9 Å². The number of benzene rings is 3. The first kappa shape index (κ1) is 16.9. The van der Waals surface area contributed by atoms with Crippen LogP contribution in [0.25, 0.3) is 16.9 Å². The van der Waals surface area contributed by atoms with Gasteiger partial charge in [-0.2, -0.15) is 0 Å². The molecule has 4 aromatic rings. The largest absolute Gasteiger partial charge is 0.289 e. The summed E-state index contributed by atoms with van der Waals surface area (Å²) in [6, 6.07) is 23.1. The molecule has 0 atom stereocenters. The number of carbonyl (C=O) groups is 1. The van der Waals surface area contributed by atoms with Gasteiger partial charge in [0.2, 0.25) is 0 Å². The summed E-state index contributed by atoms with van der Waals surface area (Å²) in [7, 11) is 0. The maximum absolute atomic E-state index is 13.1. The minimum absolute atomic E-state index is 0.0141. The van der Waals surface area contributed by atoms with Gasteiger partial charge in [0.25, 0.3) is 0 Å². The van der Waals surface area contributed by atoms with E-state index in [0.29, 0.717) is 16.8 Å². The summed E-state index contributed by atoms with van der Waals surface area (Å²) in [5.41, 5.74) is 5.89. The van der Waals surface area contributed by atoms with E-state index in [1.54, 1.807) is 4.68 Å². The van der Waals surface area contributed by atoms with Gasteiger partial charge in [-0.25, -0.2) is 4.68 Å². The Morgan fingerprint density at radius 2 is 1.52 bits per heavy atom. The summed E-state index contributed by atoms with van der Waals surface area (Å²) in [4.78, 5) is 13.1. The Bertz CT molecular complexity index is 1110. The fraction of sp³-hybridized carbons (Fsp3) is 0.0870. The van der Waals surface area contributed by atoms with Gasteiger partial charge in [-0.05, 0) is 31.0 Å². The Kier molecular flexibility index (Phi) is 4.38. The fourth-order valence-electron chi connectivity index (χ4n) is 3.26. The van der Waals surface area contributed by atoms with Gasteiger partial charge in [-0.3, -0.25) is 4.79 Å². The van der Waals surface area contributed by atoms with Crippen molar-refractivity contribution in [3.63, 3.8) is 0 Å². The second-order valence-corrected chi connectivity index (χ2v) is 6.53. The molecular weight excluding hydrogens is 334 g/mol. The minimum atomic E-state index is -0.0141. The van der Waals surface area contributed by atoms with Gasteiger partial charge < -0.3 is 0 Å². The van der Waals surface area contributed by atoms with E-state index in [2.05, 4.69) is 10.3 Å². The Balaban J connectivity index is 1.82. The number of nitrogens with zero attached hydrogens (tertiary/aromatic N) is 3. The third-order valence-corrected chi connectivity index (χ3v) is 4.67. The summed E-state index contributed by atoms with van der Waals surface area (Å²) in [6.07, 6.45) is 1.88. The van der Waals surface area contributed by atoms with E-state index in [9.17, 15) is 4.79 Å². The number of para-hydroxylation sites is 1. The maximum atomic E-state index is 13.1. The lowest BCUT2D eigenvalue weighted by atomic mass is 9.93. The van der Waals surface area contributed by atoms with Gasteiger partial charge in [0, 0.05) is 16.7 Å². The van der Waals surface area contributed by atoms with Crippen molar-refractivity contribution in [2.45, 2.75) is 13.8 Å². The maximum Gasteiger partial charge on any atom is 0.193 e. The molecule has 0 fully saturated rings. The Hall–Kier alpha value is -3.53. The van der Waals surface area contributed by atoms with E-state index < -0.39 is 0 Å². The average molecular weight is 353 g/mol. The number of aryl methyl sites for hydroxylation is 2. The smallest absolute Gasteiger partial charge is 0.193 e. The highest BCUT2D eigenvalue weighted by atomic mass is 16.1. The first-order valence-corrected chi connectivity index (χ1v) is 8.83. The van der Waals surface area contributed by atoms with Crippen LogP contribution in [0, 0.1) is 13.8 Å². The average Bonchev–Trinajstić information content (AvgIpc) is 3.17. The van der Waals surface area contributed by atoms with Crippen LogP contribution < -0.4 is 0 Å². The molecule has 0 spiro atoms. The van der Waals surface area contributed by atoms with Crippen molar-refractivity contribution >= 4 is 5.78 Å². The highest BCUT2D eigenvalue weighted by Crippen LogP contribution is 2.28. The van der Waals surface area contributed by atoms with E-state index in [0.717, 1.165) is 22.4 Å². The molecule has 1 heterocycles. The molecule has 4 rings (SSSR count). The van der Waals surface area contributed by atoms with Crippen molar-refractivity contribution in [3.05, 3.63) is 101 Å². The lowest BCUT2D eigenvalue weighted by molar-refractivity contribution is 0.103. The zero-order valence-electron chi connectivity index (χ0n) is 15.3. The molecule has 0 unspecified atom stereocenters. The number of ketones is 1. The molecule has 0 aliphatic carbocycles. The molecule has 0 saturated carbocycles. The third kappa shape index (κ3) is 3.17. The normalized spacial score (nSPS) is 10.7. The first-order chi connectivity index (χ1) is 13.1. The summed E-state index contributed by atoms with van der Waals surface area (Å²) >= 11 is 0. The van der Waals surface area contributed by atoms with Crippen LogP contribution in [0.4, 0.5) is 0 Å². The predicted molar refractivity (Wildman–Crippen MR) is 106 cm³/mol. The van der Waals surface area contributed by atoms with Crippen LogP contribution in [0.15, 0.2) is 79.0 Å². The van der Waals surface area contributed by atoms with Crippen LogP contribution in [0.1, 0.15) is 27.0 Å². The van der Waals surface area contributed by atoms with Crippen LogP contribution >= 0.6 is 0 Å². The topological polar surface area (TPSA) is 47.8 Å². The molecule has 27 heavy (non-hydrogen) atoms. The predicted octanol–water partition coefficient (Wildman–Crippen LogP) is 4.78. The van der Waals surface area contributed by atoms with Crippen molar-refractivity contribution in [3.8, 4) is 16.9 Å². The molecule has 1 aromatic heterocycles. The van der Waals surface area contributed by atoms with Crippen molar-refractivity contribution < 1.29 is 4.79 Å². The molecular formula is C23H19N3O. The number of aromatic nitrogens is 3. The highest BCUT2D eigenvalue weighted by Gasteiger charge is 2.19. The van der Waals surface area contributed by atoms with Crippen LogP contribution in [0.5, 0.6) is 0 Å². The molecule has 3 aromatic carbocycles. The fourth-order valence-corrected chi connectivity index (χ4v) is 3.26. The van der Waals surface area contributed by atoms with Gasteiger partial charge in [0.1, 0.15) is 5.69 Å². The Morgan fingerprint density at radius 3 is 2.30 bits per heavy atom. The molecule has 0 bridgehead atoms. The first-order valence-electron chi connectivity index (χ1n) is 8.83. The monoisotopic (exact) mass is 353 g/mol. The van der Waals surface area contributed by atoms with Gasteiger partial charge in [-0.15, -0.1) is 5.10 Å². The number of hydrogen-bond acceptors (Lipinski definition) is 3. The lowest BCUT2D eigenvalue weighted by Crippen LogP contribution is -2.04. The SMILES string of the molecule is Cc1ccccc1-n1cc(-c2c(C)cccc2C(=O)c2ccccc2)nn1. The Labute approximate surface area is 158 Å². The second kappa shape index (κ2) is 7.00. The molecule has 0 radical (unpaired) electrons. The van der Waals surface area contributed by atoms with Crippen molar-refractivity contribution in [1.29, 1.82) is 0 Å². The van der Waals surface area contributed by atoms with Crippen molar-refractivity contribution in [2.75, 3.05) is 0 Å². The Morgan fingerprint density at radius 1 is 0.815 bits per heavy atom. The van der Waals surface area contributed by atoms with E-state index in [1.807, 2.05) is 92.8 Å². The number of hydrogen-bond donors (Lipinski definition) is 0. The molecule has 0 aliphatic rings. The van der Waals surface area contributed by atoms with Crippen LogP contribution in [0.2, 0.25) is 0 Å². The molecule has 4 heteroatoms. The van der Waals surface area contributed by atoms with Crippen molar-refractivity contribution in [1.82, 2.24) is 15.0 Å². The highest BCUT2D eigenvalue weighted by molar-refractivity contribution is 6.13. The minimum Gasteiger partial charge on any atom is -0.289 e. The van der Waals surface area contributed by atoms with Gasteiger partial charge in [0.15, 0.2) is 5.78 Å². The lowest BCUT2D eigenvalue weighted by Gasteiger charge is -2.09. The zero-order valence-corrected chi connectivity index (χ0v) is 15.3. The molecule has 132 valence electrons. The summed E-state index contributed by atoms with van der Waals surface area (Å²) < 4.78 is 1.76. The molecule has 0 saturated heterocycles. The third-order valence-electron chi connectivity index (χ3n) is 4.67. The van der Waals surface area contributed by atoms with E-state index in [4.69, 9.17) is 0 Å². The summed E-state index contributed by atoms with van der Waals surface area (Å²) in [6.45, 7) is 4.03. The molecule has 0 aliphatic heterocycles. The number of rotatable bonds is 4. The van der Waals surface area contributed by atoms with Crippen LogP contribution in [-0.4, -0.2) is 20.8 Å². The molecule has 0 N–H and O–H groups in total. The summed E-state index contributed by atoms with van der Waals surface area (Å²) in [5.74, 6) is -0.0141. The van der Waals surface area contributed by atoms with E-state index in [1.165, 1.54) is 0 Å².